The smallest absolute Gasteiger partial charge is 0.229 e. The molecule has 2 aromatic carbocycles. The summed E-state index contributed by atoms with van der Waals surface area (Å²) < 4.78 is 0. The van der Waals surface area contributed by atoms with Gasteiger partial charge in [-0.15, -0.1) is 12.4 Å². The number of hydrogen-bond donors (Lipinski definition) is 0. The van der Waals surface area contributed by atoms with E-state index in [1.807, 2.05) is 18.2 Å². The number of β-lactam (4-membered cyclic amide) rings is 1. The summed E-state index contributed by atoms with van der Waals surface area (Å²) in [7, 11) is 0. The van der Waals surface area contributed by atoms with Crippen molar-refractivity contribution in [2.24, 2.45) is 0 Å². The summed E-state index contributed by atoms with van der Waals surface area (Å²) in [5.41, 5.74) is 6.09. The minimum Gasteiger partial charge on any atom is -0.306 e. The molecule has 0 bridgehead atoms. The molecule has 0 aromatic heterocycles. The summed E-state index contributed by atoms with van der Waals surface area (Å²) in [6, 6.07) is 17.9. The van der Waals surface area contributed by atoms with Crippen molar-refractivity contribution in [3.8, 4) is 0 Å². The zero-order chi connectivity index (χ0) is 19.4. The molecule has 2 heterocycles. The number of nitrogens with zero attached hydrogens (tertiary/aromatic N) is 2. The van der Waals surface area contributed by atoms with E-state index in [-0.39, 0.29) is 17.9 Å². The monoisotopic (exact) mass is 422 g/mol. The zero-order valence-electron chi connectivity index (χ0n) is 17.6. The van der Waals surface area contributed by atoms with E-state index in [2.05, 4.69) is 40.1 Å². The molecule has 2 atom stereocenters. The third-order valence-electron chi connectivity index (χ3n) is 8.17. The lowest BCUT2D eigenvalue weighted by Gasteiger charge is -2.56. The topological polar surface area (TPSA) is 23.6 Å². The number of piperidine rings is 1. The molecule has 4 aliphatic rings. The molecule has 1 amide bonds. The first kappa shape index (κ1) is 20.1. The fourth-order valence-corrected chi connectivity index (χ4v) is 6.77. The first-order valence-electron chi connectivity index (χ1n) is 11.5. The summed E-state index contributed by atoms with van der Waals surface area (Å²) in [5, 5.41) is 0. The predicted octanol–water partition coefficient (Wildman–Crippen LogP) is 5.63. The molecule has 4 heteroatoms. The standard InChI is InChI=1S/C26H30N2O.ClH/c29-24-18-26(28(24)21-9-2-1-3-10-21)14-16-27(17-15-26)23-13-12-20-7-4-6-19-8-5-11-22(23)25(19)20;/h1-3,5,8-11,20,23H,4,6-7,12-18H2;1H. The molecule has 1 spiro atoms. The SMILES string of the molecule is Cl.O=C1CC2(CCN(C3CCC4CCCc5cccc3c54)CC2)N1c1ccccc1. The lowest BCUT2D eigenvalue weighted by atomic mass is 9.70. The highest BCUT2D eigenvalue weighted by Crippen LogP contribution is 2.49. The van der Waals surface area contributed by atoms with Gasteiger partial charge in [0.2, 0.25) is 5.91 Å². The highest BCUT2D eigenvalue weighted by Gasteiger charge is 2.53. The van der Waals surface area contributed by atoms with Gasteiger partial charge in [-0.1, -0.05) is 36.4 Å². The normalized spacial score (nSPS) is 27.2. The van der Waals surface area contributed by atoms with E-state index in [9.17, 15) is 4.79 Å². The molecule has 0 N–H and O–H groups in total. The summed E-state index contributed by atoms with van der Waals surface area (Å²) in [4.78, 5) is 17.3. The van der Waals surface area contributed by atoms with Gasteiger partial charge in [-0.3, -0.25) is 9.69 Å². The average Bonchev–Trinajstić information content (AvgIpc) is 2.76. The van der Waals surface area contributed by atoms with Gasteiger partial charge in [-0.25, -0.2) is 0 Å². The Morgan fingerprint density at radius 2 is 1.70 bits per heavy atom. The van der Waals surface area contributed by atoms with Crippen molar-refractivity contribution in [1.29, 1.82) is 0 Å². The maximum atomic E-state index is 12.5. The largest absolute Gasteiger partial charge is 0.306 e. The number of likely N-dealkylation sites (tertiary alicyclic amines) is 1. The van der Waals surface area contributed by atoms with Crippen LogP contribution in [0.4, 0.5) is 5.69 Å². The van der Waals surface area contributed by atoms with Gasteiger partial charge in [0.25, 0.3) is 0 Å². The third-order valence-corrected chi connectivity index (χ3v) is 8.17. The molecule has 2 saturated heterocycles. The van der Waals surface area contributed by atoms with Gasteiger partial charge >= 0.3 is 0 Å². The van der Waals surface area contributed by atoms with Crippen molar-refractivity contribution in [1.82, 2.24) is 4.90 Å². The summed E-state index contributed by atoms with van der Waals surface area (Å²) >= 11 is 0. The Morgan fingerprint density at radius 3 is 2.47 bits per heavy atom. The van der Waals surface area contributed by atoms with Gasteiger partial charge in [0.1, 0.15) is 0 Å². The van der Waals surface area contributed by atoms with Crippen molar-refractivity contribution in [3.05, 3.63) is 65.2 Å². The van der Waals surface area contributed by atoms with Gasteiger partial charge in [0.05, 0.1) is 12.0 Å². The van der Waals surface area contributed by atoms with Crippen LogP contribution in [0.25, 0.3) is 0 Å². The van der Waals surface area contributed by atoms with Crippen LogP contribution in [0.5, 0.6) is 0 Å². The van der Waals surface area contributed by atoms with Gasteiger partial charge in [0.15, 0.2) is 0 Å². The van der Waals surface area contributed by atoms with E-state index < -0.39 is 0 Å². The summed E-state index contributed by atoms with van der Waals surface area (Å²) in [6.45, 7) is 2.21. The Kier molecular flexibility index (Phi) is 5.15. The number of hydrogen-bond acceptors (Lipinski definition) is 2. The lowest BCUT2D eigenvalue weighted by molar-refractivity contribution is -0.129. The number of rotatable bonds is 2. The summed E-state index contributed by atoms with van der Waals surface area (Å²) in [6.07, 6.45) is 9.59. The molecule has 2 aliphatic heterocycles. The Morgan fingerprint density at radius 1 is 0.900 bits per heavy atom. The fraction of sp³-hybridized carbons (Fsp3) is 0.500. The van der Waals surface area contributed by atoms with Crippen molar-refractivity contribution in [2.75, 3.05) is 18.0 Å². The Hall–Kier alpha value is -1.84. The number of aryl methyl sites for hydroxylation is 1. The number of carbonyl (C=O) groups excluding carboxylic acids is 1. The molecule has 2 aliphatic carbocycles. The minimum atomic E-state index is 0. The van der Waals surface area contributed by atoms with Crippen molar-refractivity contribution >= 4 is 24.0 Å². The van der Waals surface area contributed by atoms with Crippen LogP contribution in [0.1, 0.15) is 73.6 Å². The van der Waals surface area contributed by atoms with Crippen LogP contribution >= 0.6 is 12.4 Å². The average molecular weight is 423 g/mol. The number of halogens is 1. The molecule has 2 fully saturated rings. The number of carbonyl (C=O) groups is 1. The van der Waals surface area contributed by atoms with Crippen LogP contribution < -0.4 is 4.90 Å². The molecule has 3 nitrogen and oxygen atoms in total. The number of amides is 1. The molecule has 0 radical (unpaired) electrons. The molecule has 2 unspecified atom stereocenters. The highest BCUT2D eigenvalue weighted by atomic mass is 35.5. The van der Waals surface area contributed by atoms with Crippen LogP contribution in [0.3, 0.4) is 0 Å². The van der Waals surface area contributed by atoms with E-state index >= 15 is 0 Å². The quantitative estimate of drug-likeness (QED) is 0.585. The second-order valence-electron chi connectivity index (χ2n) is 9.60. The fourth-order valence-electron chi connectivity index (χ4n) is 6.77. The van der Waals surface area contributed by atoms with Crippen LogP contribution in [-0.2, 0) is 11.2 Å². The predicted molar refractivity (Wildman–Crippen MR) is 123 cm³/mol. The van der Waals surface area contributed by atoms with Crippen LogP contribution in [0, 0.1) is 0 Å². The van der Waals surface area contributed by atoms with E-state index in [1.54, 1.807) is 16.7 Å². The molecular weight excluding hydrogens is 392 g/mol. The van der Waals surface area contributed by atoms with E-state index in [0.29, 0.717) is 11.9 Å². The first-order chi connectivity index (χ1) is 14.3. The molecule has 0 saturated carbocycles. The Balaban J connectivity index is 0.00000193. The molecule has 30 heavy (non-hydrogen) atoms. The van der Waals surface area contributed by atoms with Crippen LogP contribution in [0.15, 0.2) is 48.5 Å². The maximum Gasteiger partial charge on any atom is 0.229 e. The maximum absolute atomic E-state index is 12.5. The third kappa shape index (κ3) is 3.01. The van der Waals surface area contributed by atoms with Crippen LogP contribution in [0.2, 0.25) is 0 Å². The minimum absolute atomic E-state index is 0. The second-order valence-corrected chi connectivity index (χ2v) is 9.60. The van der Waals surface area contributed by atoms with E-state index in [4.69, 9.17) is 0 Å². The van der Waals surface area contributed by atoms with E-state index in [1.165, 1.54) is 32.1 Å². The van der Waals surface area contributed by atoms with Gasteiger partial charge in [0, 0.05) is 24.8 Å². The van der Waals surface area contributed by atoms with Gasteiger partial charge in [-0.05, 0) is 79.7 Å². The highest BCUT2D eigenvalue weighted by molar-refractivity contribution is 6.02. The number of anilines is 1. The number of para-hydroxylation sites is 1. The van der Waals surface area contributed by atoms with Gasteiger partial charge < -0.3 is 4.90 Å². The van der Waals surface area contributed by atoms with Crippen molar-refractivity contribution in [2.45, 2.75) is 68.9 Å². The Labute approximate surface area is 185 Å². The molecule has 6 rings (SSSR count). The molecule has 2 aromatic rings. The molecular formula is C26H31ClN2O. The van der Waals surface area contributed by atoms with Crippen molar-refractivity contribution in [3.63, 3.8) is 0 Å². The van der Waals surface area contributed by atoms with Crippen LogP contribution in [-0.4, -0.2) is 29.4 Å². The lowest BCUT2D eigenvalue weighted by Crippen LogP contribution is -2.67. The van der Waals surface area contributed by atoms with E-state index in [0.717, 1.165) is 44.0 Å². The molecule has 158 valence electrons. The zero-order valence-corrected chi connectivity index (χ0v) is 18.4. The Bertz CT molecular complexity index is 935. The van der Waals surface area contributed by atoms with Gasteiger partial charge in [-0.2, -0.15) is 0 Å². The second kappa shape index (κ2) is 7.69. The number of benzene rings is 2. The first-order valence-corrected chi connectivity index (χ1v) is 11.5. The van der Waals surface area contributed by atoms with Crippen molar-refractivity contribution < 1.29 is 4.79 Å². The summed E-state index contributed by atoms with van der Waals surface area (Å²) in [5.74, 6) is 1.10.